The minimum Gasteiger partial charge on any atom is -0.382 e. The number of rotatable bonds is 3. The van der Waals surface area contributed by atoms with Crippen LogP contribution in [-0.2, 0) is 9.53 Å². The number of hydrogen-bond acceptors (Lipinski definition) is 2. The molecule has 0 rings (SSSR count). The van der Waals surface area contributed by atoms with Crippen molar-refractivity contribution in [1.82, 2.24) is 4.90 Å². The molecule has 0 saturated heterocycles. The average molecular weight is 147 g/mol. The van der Waals surface area contributed by atoms with Crippen LogP contribution in [0.2, 0.25) is 0 Å². The van der Waals surface area contributed by atoms with E-state index in [0.717, 1.165) is 19.6 Å². The first kappa shape index (κ1) is 12.1. The van der Waals surface area contributed by atoms with E-state index in [-0.39, 0.29) is 0 Å². The van der Waals surface area contributed by atoms with Crippen LogP contribution in [0.1, 0.15) is 13.8 Å². The van der Waals surface area contributed by atoms with E-state index in [1.165, 1.54) is 4.90 Å². The van der Waals surface area contributed by atoms with Crippen LogP contribution >= 0.6 is 0 Å². The van der Waals surface area contributed by atoms with Gasteiger partial charge in [-0.3, -0.25) is 4.79 Å². The second-order valence-electron chi connectivity index (χ2n) is 1.85. The highest BCUT2D eigenvalue weighted by Crippen LogP contribution is 1.64. The van der Waals surface area contributed by atoms with Gasteiger partial charge in [-0.1, -0.05) is 0 Å². The van der Waals surface area contributed by atoms with Crippen LogP contribution in [0.25, 0.3) is 0 Å². The SMILES string of the molecule is CCOCC.CN(C)C=O. The Balaban J connectivity index is 0. The maximum atomic E-state index is 9.43. The summed E-state index contributed by atoms with van der Waals surface area (Å²) in [5.74, 6) is 0. The predicted molar refractivity (Wildman–Crippen MR) is 41.9 cm³/mol. The van der Waals surface area contributed by atoms with Gasteiger partial charge in [0.05, 0.1) is 0 Å². The number of amides is 1. The maximum absolute atomic E-state index is 9.43. The minimum atomic E-state index is 0.750. The third-order valence-electron chi connectivity index (χ3n) is 0.619. The molecule has 0 atom stereocenters. The van der Waals surface area contributed by atoms with Gasteiger partial charge in [0.1, 0.15) is 0 Å². The average Bonchev–Trinajstić information content (AvgIpc) is 1.91. The fourth-order valence-corrected chi connectivity index (χ4v) is 0.204. The van der Waals surface area contributed by atoms with E-state index in [9.17, 15) is 4.79 Å². The van der Waals surface area contributed by atoms with Crippen LogP contribution < -0.4 is 0 Å². The monoisotopic (exact) mass is 147 g/mol. The first-order chi connectivity index (χ1) is 4.68. The van der Waals surface area contributed by atoms with Gasteiger partial charge in [-0.05, 0) is 13.8 Å². The molecule has 0 saturated carbocycles. The lowest BCUT2D eigenvalue weighted by Crippen LogP contribution is -2.06. The van der Waals surface area contributed by atoms with E-state index < -0.39 is 0 Å². The Morgan fingerprint density at radius 3 is 1.60 bits per heavy atom. The van der Waals surface area contributed by atoms with Gasteiger partial charge >= 0.3 is 0 Å². The Hall–Kier alpha value is -0.570. The summed E-state index contributed by atoms with van der Waals surface area (Å²) >= 11 is 0. The molecule has 0 aromatic heterocycles. The normalized spacial score (nSPS) is 7.60. The molecule has 0 aromatic rings. The second-order valence-corrected chi connectivity index (χ2v) is 1.85. The van der Waals surface area contributed by atoms with Gasteiger partial charge in [-0.15, -0.1) is 0 Å². The Labute approximate surface area is 63.0 Å². The molecule has 0 aliphatic rings. The number of hydrogen-bond donors (Lipinski definition) is 0. The summed E-state index contributed by atoms with van der Waals surface area (Å²) < 4.78 is 4.83. The van der Waals surface area contributed by atoms with Gasteiger partial charge in [-0.25, -0.2) is 0 Å². The Kier molecular flexibility index (Phi) is 13.7. The second kappa shape index (κ2) is 11.3. The molecule has 3 nitrogen and oxygen atoms in total. The summed E-state index contributed by atoms with van der Waals surface area (Å²) in [6.45, 7) is 5.67. The van der Waals surface area contributed by atoms with Crippen molar-refractivity contribution in [2.24, 2.45) is 0 Å². The molecule has 0 heterocycles. The molecule has 0 spiro atoms. The highest BCUT2D eigenvalue weighted by atomic mass is 16.5. The van der Waals surface area contributed by atoms with Crippen molar-refractivity contribution in [2.75, 3.05) is 27.3 Å². The molecule has 0 radical (unpaired) electrons. The molecule has 0 aromatic carbocycles. The molecule has 0 N–H and O–H groups in total. The summed E-state index contributed by atoms with van der Waals surface area (Å²) in [6, 6.07) is 0. The predicted octanol–water partition coefficient (Wildman–Crippen LogP) is 0.747. The minimum absolute atomic E-state index is 0.750. The summed E-state index contributed by atoms with van der Waals surface area (Å²) in [5, 5.41) is 0. The number of nitrogens with zero attached hydrogens (tertiary/aromatic N) is 1. The van der Waals surface area contributed by atoms with E-state index >= 15 is 0 Å². The quantitative estimate of drug-likeness (QED) is 0.551. The lowest BCUT2D eigenvalue weighted by Gasteiger charge is -1.93. The maximum Gasteiger partial charge on any atom is 0.209 e. The zero-order valence-corrected chi connectivity index (χ0v) is 7.26. The first-order valence-electron chi connectivity index (χ1n) is 3.38. The van der Waals surface area contributed by atoms with Crippen LogP contribution in [0.4, 0.5) is 0 Å². The Morgan fingerprint density at radius 2 is 1.60 bits per heavy atom. The summed E-state index contributed by atoms with van der Waals surface area (Å²) in [7, 11) is 3.38. The van der Waals surface area contributed by atoms with Gasteiger partial charge < -0.3 is 9.64 Å². The zero-order valence-electron chi connectivity index (χ0n) is 7.26. The molecular weight excluding hydrogens is 130 g/mol. The lowest BCUT2D eigenvalue weighted by atomic mass is 10.8. The van der Waals surface area contributed by atoms with Crippen molar-refractivity contribution in [3.05, 3.63) is 0 Å². The summed E-state index contributed by atoms with van der Waals surface area (Å²) in [6.07, 6.45) is 0.750. The van der Waals surface area contributed by atoms with E-state index in [4.69, 9.17) is 4.74 Å². The van der Waals surface area contributed by atoms with E-state index in [2.05, 4.69) is 0 Å². The van der Waals surface area contributed by atoms with E-state index in [1.807, 2.05) is 13.8 Å². The number of carbonyl (C=O) groups excluding carboxylic acids is 1. The fraction of sp³-hybridized carbons (Fsp3) is 0.857. The topological polar surface area (TPSA) is 29.5 Å². The Bertz CT molecular complexity index is 62.6. The molecular formula is C7H17NO2. The van der Waals surface area contributed by atoms with Crippen LogP contribution in [0.5, 0.6) is 0 Å². The number of carbonyl (C=O) groups is 1. The van der Waals surface area contributed by atoms with Crippen molar-refractivity contribution < 1.29 is 9.53 Å². The molecule has 0 fully saturated rings. The molecule has 10 heavy (non-hydrogen) atoms. The molecule has 0 unspecified atom stereocenters. The molecule has 1 amide bonds. The summed E-state index contributed by atoms with van der Waals surface area (Å²) in [4.78, 5) is 10.9. The molecule has 62 valence electrons. The van der Waals surface area contributed by atoms with Crippen molar-refractivity contribution >= 4 is 6.41 Å². The molecule has 0 aliphatic heterocycles. The van der Waals surface area contributed by atoms with Crippen LogP contribution in [0.15, 0.2) is 0 Å². The lowest BCUT2D eigenvalue weighted by molar-refractivity contribution is -0.115. The van der Waals surface area contributed by atoms with Gasteiger partial charge in [-0.2, -0.15) is 0 Å². The van der Waals surface area contributed by atoms with Gasteiger partial charge in [0, 0.05) is 27.3 Å². The highest BCUT2D eigenvalue weighted by molar-refractivity contribution is 5.45. The highest BCUT2D eigenvalue weighted by Gasteiger charge is 1.68. The van der Waals surface area contributed by atoms with Crippen molar-refractivity contribution in [2.45, 2.75) is 13.8 Å². The summed E-state index contributed by atoms with van der Waals surface area (Å²) in [5.41, 5.74) is 0. The largest absolute Gasteiger partial charge is 0.382 e. The van der Waals surface area contributed by atoms with Gasteiger partial charge in [0.15, 0.2) is 0 Å². The fourth-order valence-electron chi connectivity index (χ4n) is 0.204. The van der Waals surface area contributed by atoms with Crippen molar-refractivity contribution in [3.63, 3.8) is 0 Å². The van der Waals surface area contributed by atoms with Gasteiger partial charge in [0.25, 0.3) is 0 Å². The van der Waals surface area contributed by atoms with Crippen molar-refractivity contribution in [3.8, 4) is 0 Å². The first-order valence-corrected chi connectivity index (χ1v) is 3.38. The molecule has 0 aliphatic carbocycles. The zero-order chi connectivity index (χ0) is 8.41. The smallest absolute Gasteiger partial charge is 0.209 e. The van der Waals surface area contributed by atoms with Crippen LogP contribution in [0.3, 0.4) is 0 Å². The van der Waals surface area contributed by atoms with E-state index in [0.29, 0.717) is 0 Å². The molecule has 0 bridgehead atoms. The van der Waals surface area contributed by atoms with Gasteiger partial charge in [0.2, 0.25) is 6.41 Å². The van der Waals surface area contributed by atoms with E-state index in [1.54, 1.807) is 14.1 Å². The van der Waals surface area contributed by atoms with Crippen LogP contribution in [0, 0.1) is 0 Å². The third-order valence-corrected chi connectivity index (χ3v) is 0.619. The Morgan fingerprint density at radius 1 is 1.30 bits per heavy atom. The third kappa shape index (κ3) is 26.1. The van der Waals surface area contributed by atoms with Crippen molar-refractivity contribution in [1.29, 1.82) is 0 Å². The standard InChI is InChI=1S/C4H10O.C3H7NO/c1-3-5-4-2;1-4(2)3-5/h3-4H2,1-2H3;3H,1-2H3. The van der Waals surface area contributed by atoms with Crippen LogP contribution in [-0.4, -0.2) is 38.6 Å². The molecule has 3 heteroatoms. The number of ether oxygens (including phenoxy) is 1.